The molecule has 1 aliphatic rings. The highest BCUT2D eigenvalue weighted by atomic mass is 16.2. The van der Waals surface area contributed by atoms with E-state index in [-0.39, 0.29) is 5.91 Å². The Morgan fingerprint density at radius 1 is 1.21 bits per heavy atom. The lowest BCUT2D eigenvalue weighted by Crippen LogP contribution is -2.22. The van der Waals surface area contributed by atoms with Crippen molar-refractivity contribution >= 4 is 40.8 Å². The smallest absolute Gasteiger partial charge is 0.267 e. The minimum atomic E-state index is -0.0219. The van der Waals surface area contributed by atoms with Crippen molar-refractivity contribution < 1.29 is 9.59 Å². The van der Waals surface area contributed by atoms with Crippen LogP contribution in [0, 0.1) is 0 Å². The number of anilines is 1. The van der Waals surface area contributed by atoms with Gasteiger partial charge in [0.15, 0.2) is 0 Å². The second-order valence-electron chi connectivity index (χ2n) is 6.75. The summed E-state index contributed by atoms with van der Waals surface area (Å²) >= 11 is 0. The molecule has 2 aromatic carbocycles. The number of nitrogens with one attached hydrogen (secondary N) is 1. The molecule has 6 nitrogen and oxygen atoms in total. The van der Waals surface area contributed by atoms with Crippen LogP contribution in [0.15, 0.2) is 53.5 Å². The summed E-state index contributed by atoms with van der Waals surface area (Å²) in [6, 6.07) is 15.6. The minimum Gasteiger partial charge on any atom is -0.351 e. The molecule has 0 saturated heterocycles. The number of amides is 2. The molecule has 6 heteroatoms. The van der Waals surface area contributed by atoms with Gasteiger partial charge in [0.25, 0.3) is 5.91 Å². The van der Waals surface area contributed by atoms with Crippen molar-refractivity contribution in [3.63, 3.8) is 0 Å². The van der Waals surface area contributed by atoms with Crippen LogP contribution >= 0.6 is 0 Å². The number of aromatic nitrogens is 1. The standard InChI is InChI=1S/C22H22N4O2/c1-2-25(15-27)19-7-4-3-6-18(19)24-14-16-8-9-17-13-21-22(28)23-10-5-11-26(21)20(17)12-16/h3-4,6-9,12-15H,2,5,10-11H2,1H3,(H,23,28). The van der Waals surface area contributed by atoms with Crippen molar-refractivity contribution in [1.29, 1.82) is 0 Å². The molecule has 1 aliphatic heterocycles. The van der Waals surface area contributed by atoms with Crippen LogP contribution in [0.1, 0.15) is 29.4 Å². The van der Waals surface area contributed by atoms with Crippen LogP contribution in [0.4, 0.5) is 11.4 Å². The molecule has 0 spiro atoms. The molecule has 0 bridgehead atoms. The van der Waals surface area contributed by atoms with Gasteiger partial charge in [0, 0.05) is 36.8 Å². The van der Waals surface area contributed by atoms with Crippen LogP contribution in [0.3, 0.4) is 0 Å². The molecule has 0 atom stereocenters. The van der Waals surface area contributed by atoms with E-state index in [0.29, 0.717) is 18.8 Å². The van der Waals surface area contributed by atoms with Crippen molar-refractivity contribution in [2.45, 2.75) is 19.9 Å². The number of nitrogens with zero attached hydrogens (tertiary/aromatic N) is 3. The number of aryl methyl sites for hydroxylation is 1. The van der Waals surface area contributed by atoms with Crippen molar-refractivity contribution in [1.82, 2.24) is 9.88 Å². The van der Waals surface area contributed by atoms with E-state index in [1.54, 1.807) is 11.1 Å². The molecular formula is C22H22N4O2. The van der Waals surface area contributed by atoms with Gasteiger partial charge in [-0.15, -0.1) is 0 Å². The van der Waals surface area contributed by atoms with Gasteiger partial charge in [0.1, 0.15) is 5.69 Å². The maximum Gasteiger partial charge on any atom is 0.267 e. The highest BCUT2D eigenvalue weighted by Crippen LogP contribution is 2.28. The summed E-state index contributed by atoms with van der Waals surface area (Å²) in [6.45, 7) is 4.02. The molecule has 28 heavy (non-hydrogen) atoms. The summed E-state index contributed by atoms with van der Waals surface area (Å²) in [4.78, 5) is 29.8. The van der Waals surface area contributed by atoms with Crippen LogP contribution in [0.5, 0.6) is 0 Å². The van der Waals surface area contributed by atoms with Gasteiger partial charge in [-0.1, -0.05) is 24.3 Å². The van der Waals surface area contributed by atoms with Gasteiger partial charge in [-0.05, 0) is 43.2 Å². The van der Waals surface area contributed by atoms with Crippen molar-refractivity contribution in [2.75, 3.05) is 18.0 Å². The molecule has 4 rings (SSSR count). The predicted octanol–water partition coefficient (Wildman–Crippen LogP) is 3.51. The Balaban J connectivity index is 1.71. The molecule has 1 aromatic heterocycles. The van der Waals surface area contributed by atoms with Crippen molar-refractivity contribution in [3.05, 3.63) is 59.8 Å². The Kier molecular flexibility index (Phi) is 4.93. The highest BCUT2D eigenvalue weighted by molar-refractivity contribution is 6.00. The van der Waals surface area contributed by atoms with Gasteiger partial charge in [0.05, 0.1) is 11.4 Å². The van der Waals surface area contributed by atoms with Gasteiger partial charge < -0.3 is 14.8 Å². The maximum absolute atomic E-state index is 12.2. The fraction of sp³-hybridized carbons (Fsp3) is 0.227. The zero-order chi connectivity index (χ0) is 19.5. The third kappa shape index (κ3) is 3.29. The Bertz CT molecular complexity index is 1070. The molecule has 0 aliphatic carbocycles. The number of benzene rings is 2. The molecule has 2 heterocycles. The third-order valence-electron chi connectivity index (χ3n) is 5.02. The Hall–Kier alpha value is -3.41. The largest absolute Gasteiger partial charge is 0.351 e. The van der Waals surface area contributed by atoms with Gasteiger partial charge in [0.2, 0.25) is 6.41 Å². The van der Waals surface area contributed by atoms with Gasteiger partial charge in [-0.2, -0.15) is 0 Å². The summed E-state index contributed by atoms with van der Waals surface area (Å²) in [7, 11) is 0. The van der Waals surface area contributed by atoms with Gasteiger partial charge in [-0.3, -0.25) is 14.6 Å². The normalized spacial score (nSPS) is 14.0. The van der Waals surface area contributed by atoms with E-state index >= 15 is 0 Å². The van der Waals surface area contributed by atoms with Crippen LogP contribution in [-0.2, 0) is 11.3 Å². The first kappa shape index (κ1) is 18.0. The van der Waals surface area contributed by atoms with E-state index in [4.69, 9.17) is 0 Å². The Labute approximate surface area is 163 Å². The first-order chi connectivity index (χ1) is 13.7. The van der Waals surface area contributed by atoms with E-state index in [0.717, 1.165) is 47.2 Å². The Morgan fingerprint density at radius 3 is 2.89 bits per heavy atom. The fourth-order valence-corrected chi connectivity index (χ4v) is 3.57. The fourth-order valence-electron chi connectivity index (χ4n) is 3.57. The zero-order valence-corrected chi connectivity index (χ0v) is 15.8. The molecule has 0 unspecified atom stereocenters. The maximum atomic E-state index is 12.2. The summed E-state index contributed by atoms with van der Waals surface area (Å²) in [5, 5.41) is 3.98. The van der Waals surface area contributed by atoms with E-state index in [2.05, 4.69) is 20.9 Å². The predicted molar refractivity (Wildman–Crippen MR) is 112 cm³/mol. The van der Waals surface area contributed by atoms with Gasteiger partial charge >= 0.3 is 0 Å². The van der Waals surface area contributed by atoms with Crippen LogP contribution in [-0.4, -0.2) is 36.2 Å². The highest BCUT2D eigenvalue weighted by Gasteiger charge is 2.18. The SMILES string of the molecule is CCN(C=O)c1ccccc1N=Cc1ccc2cc3n(c2c1)CCCNC3=O. The number of aliphatic imine (C=N–C) groups is 1. The molecule has 142 valence electrons. The van der Waals surface area contributed by atoms with Crippen LogP contribution < -0.4 is 10.2 Å². The summed E-state index contributed by atoms with van der Waals surface area (Å²) in [5.74, 6) is -0.0219. The van der Waals surface area contributed by atoms with E-state index < -0.39 is 0 Å². The summed E-state index contributed by atoms with van der Waals surface area (Å²) in [5.41, 5.74) is 4.21. The minimum absolute atomic E-state index is 0.0219. The second-order valence-corrected chi connectivity index (χ2v) is 6.75. The number of hydrogen-bond acceptors (Lipinski definition) is 3. The number of carbonyl (C=O) groups is 2. The average Bonchev–Trinajstić information content (AvgIpc) is 2.99. The summed E-state index contributed by atoms with van der Waals surface area (Å²) < 4.78 is 2.08. The topological polar surface area (TPSA) is 66.7 Å². The quantitative estimate of drug-likeness (QED) is 0.549. The van der Waals surface area contributed by atoms with E-state index in [1.807, 2.05) is 49.4 Å². The number of carbonyl (C=O) groups excluding carboxylic acids is 2. The lowest BCUT2D eigenvalue weighted by Gasteiger charge is -2.16. The monoisotopic (exact) mass is 374 g/mol. The molecule has 2 amide bonds. The Morgan fingerprint density at radius 2 is 2.07 bits per heavy atom. The second kappa shape index (κ2) is 7.68. The molecular weight excluding hydrogens is 352 g/mol. The number of hydrogen-bond donors (Lipinski definition) is 1. The zero-order valence-electron chi connectivity index (χ0n) is 15.8. The summed E-state index contributed by atoms with van der Waals surface area (Å²) in [6.07, 6.45) is 3.53. The van der Waals surface area contributed by atoms with Crippen molar-refractivity contribution in [2.24, 2.45) is 4.99 Å². The molecule has 1 N–H and O–H groups in total. The third-order valence-corrected chi connectivity index (χ3v) is 5.02. The first-order valence-electron chi connectivity index (χ1n) is 9.48. The van der Waals surface area contributed by atoms with E-state index in [1.165, 1.54) is 0 Å². The lowest BCUT2D eigenvalue weighted by molar-refractivity contribution is -0.107. The molecule has 0 saturated carbocycles. The first-order valence-corrected chi connectivity index (χ1v) is 9.48. The number of para-hydroxylation sites is 2. The average molecular weight is 374 g/mol. The van der Waals surface area contributed by atoms with Crippen molar-refractivity contribution in [3.8, 4) is 0 Å². The van der Waals surface area contributed by atoms with E-state index in [9.17, 15) is 9.59 Å². The van der Waals surface area contributed by atoms with Crippen LogP contribution in [0.25, 0.3) is 10.9 Å². The molecule has 3 aromatic rings. The lowest BCUT2D eigenvalue weighted by atomic mass is 10.1. The number of rotatable bonds is 5. The van der Waals surface area contributed by atoms with Gasteiger partial charge in [-0.25, -0.2) is 0 Å². The molecule has 0 fully saturated rings. The van der Waals surface area contributed by atoms with Crippen LogP contribution in [0.2, 0.25) is 0 Å². The number of fused-ring (bicyclic) bond motifs is 3. The molecule has 0 radical (unpaired) electrons.